The summed E-state index contributed by atoms with van der Waals surface area (Å²) < 4.78 is 37.8. The molecule has 0 bridgehead atoms. The highest BCUT2D eigenvalue weighted by atomic mass is 19.4. The lowest BCUT2D eigenvalue weighted by molar-refractivity contribution is -0.141. The van der Waals surface area contributed by atoms with Crippen LogP contribution in [0.25, 0.3) is 0 Å². The fourth-order valence-corrected chi connectivity index (χ4v) is 2.37. The van der Waals surface area contributed by atoms with Gasteiger partial charge in [0.05, 0.1) is 0 Å². The zero-order chi connectivity index (χ0) is 14.8. The summed E-state index contributed by atoms with van der Waals surface area (Å²) in [6.07, 6.45) is -2.71. The van der Waals surface area contributed by atoms with Gasteiger partial charge in [0.15, 0.2) is 0 Å². The predicted molar refractivity (Wildman–Crippen MR) is 65.0 cm³/mol. The molecule has 0 spiro atoms. The number of hydrogen-bond acceptors (Lipinski definition) is 5. The Bertz CT molecular complexity index is 452. The third kappa shape index (κ3) is 3.18. The maximum absolute atomic E-state index is 12.6. The number of nitrogens with zero attached hydrogens (tertiary/aromatic N) is 3. The Kier molecular flexibility index (Phi) is 4.44. The van der Waals surface area contributed by atoms with Gasteiger partial charge in [0, 0.05) is 38.4 Å². The molecule has 1 atom stereocenters. The molecule has 1 unspecified atom stereocenters. The largest absolute Gasteiger partial charge is 0.433 e. The Hall–Kier alpha value is -1.41. The van der Waals surface area contributed by atoms with E-state index in [1.165, 1.54) is 0 Å². The summed E-state index contributed by atoms with van der Waals surface area (Å²) in [5, 5.41) is 18.3. The first-order chi connectivity index (χ1) is 9.45. The Morgan fingerprint density at radius 1 is 1.35 bits per heavy atom. The molecule has 0 saturated carbocycles. The highest BCUT2D eigenvalue weighted by molar-refractivity contribution is 5.32. The number of rotatable bonds is 4. The monoisotopic (exact) mass is 291 g/mol. The van der Waals surface area contributed by atoms with Crippen LogP contribution in [0.5, 0.6) is 0 Å². The van der Waals surface area contributed by atoms with E-state index in [9.17, 15) is 13.2 Å². The van der Waals surface area contributed by atoms with Gasteiger partial charge in [0.2, 0.25) is 5.95 Å². The summed E-state index contributed by atoms with van der Waals surface area (Å²) in [4.78, 5) is 9.06. The molecule has 1 aromatic rings. The fraction of sp³-hybridized carbons (Fsp3) is 0.667. The topological polar surface area (TPSA) is 69.5 Å². The first-order valence-electron chi connectivity index (χ1n) is 6.32. The molecule has 0 aromatic carbocycles. The standard InChI is InChI=1S/C12H16F3N3O2/c13-12(14,15)10-1-3-16-11(17-10)18-4-2-8(5-18)9(6-19)7-20/h1,3,8-9,19-20H,2,4-7H2. The van der Waals surface area contributed by atoms with Gasteiger partial charge in [-0.1, -0.05) is 0 Å². The van der Waals surface area contributed by atoms with Crippen molar-refractivity contribution in [1.29, 1.82) is 0 Å². The first kappa shape index (κ1) is 15.0. The summed E-state index contributed by atoms with van der Waals surface area (Å²) in [7, 11) is 0. The minimum atomic E-state index is -4.49. The lowest BCUT2D eigenvalue weighted by Gasteiger charge is -2.20. The van der Waals surface area contributed by atoms with Gasteiger partial charge in [-0.15, -0.1) is 0 Å². The van der Waals surface area contributed by atoms with E-state index in [0.29, 0.717) is 19.5 Å². The van der Waals surface area contributed by atoms with Gasteiger partial charge in [-0.25, -0.2) is 9.97 Å². The minimum absolute atomic E-state index is 0.0307. The van der Waals surface area contributed by atoms with E-state index < -0.39 is 11.9 Å². The van der Waals surface area contributed by atoms with Gasteiger partial charge in [0.25, 0.3) is 0 Å². The lowest BCUT2D eigenvalue weighted by Crippen LogP contribution is -2.28. The van der Waals surface area contributed by atoms with Gasteiger partial charge < -0.3 is 15.1 Å². The highest BCUT2D eigenvalue weighted by Crippen LogP contribution is 2.30. The molecular weight excluding hydrogens is 275 g/mol. The van der Waals surface area contributed by atoms with E-state index in [1.54, 1.807) is 4.90 Å². The Morgan fingerprint density at radius 2 is 2.05 bits per heavy atom. The number of halogens is 3. The van der Waals surface area contributed by atoms with Crippen LogP contribution in [0.15, 0.2) is 12.3 Å². The van der Waals surface area contributed by atoms with Gasteiger partial charge in [-0.05, 0) is 18.4 Å². The Morgan fingerprint density at radius 3 is 2.65 bits per heavy atom. The van der Waals surface area contributed by atoms with Crippen molar-refractivity contribution in [2.75, 3.05) is 31.2 Å². The second kappa shape index (κ2) is 5.92. The van der Waals surface area contributed by atoms with E-state index in [1.807, 2.05) is 0 Å². The number of aromatic nitrogens is 2. The number of anilines is 1. The fourth-order valence-electron chi connectivity index (χ4n) is 2.37. The molecule has 1 fully saturated rings. The summed E-state index contributed by atoms with van der Waals surface area (Å²) in [5.74, 6) is -0.189. The Balaban J connectivity index is 2.10. The van der Waals surface area contributed by atoms with Crippen LogP contribution in [-0.4, -0.2) is 46.5 Å². The van der Waals surface area contributed by atoms with Crippen molar-refractivity contribution >= 4 is 5.95 Å². The second-order valence-corrected chi connectivity index (χ2v) is 4.86. The van der Waals surface area contributed by atoms with E-state index >= 15 is 0 Å². The van der Waals surface area contributed by atoms with E-state index in [2.05, 4.69) is 9.97 Å². The third-order valence-electron chi connectivity index (χ3n) is 3.58. The highest BCUT2D eigenvalue weighted by Gasteiger charge is 2.35. The van der Waals surface area contributed by atoms with Crippen molar-refractivity contribution in [3.8, 4) is 0 Å². The quantitative estimate of drug-likeness (QED) is 0.863. The van der Waals surface area contributed by atoms with Crippen molar-refractivity contribution in [3.63, 3.8) is 0 Å². The first-order valence-corrected chi connectivity index (χ1v) is 6.32. The van der Waals surface area contributed by atoms with Crippen LogP contribution < -0.4 is 4.90 Å². The predicted octanol–water partition coefficient (Wildman–Crippen LogP) is 0.922. The van der Waals surface area contributed by atoms with Gasteiger partial charge >= 0.3 is 6.18 Å². The molecule has 2 heterocycles. The number of alkyl halides is 3. The van der Waals surface area contributed by atoms with Gasteiger partial charge in [0.1, 0.15) is 5.69 Å². The van der Waals surface area contributed by atoms with Crippen LogP contribution in [0.2, 0.25) is 0 Å². The smallest absolute Gasteiger partial charge is 0.396 e. The van der Waals surface area contributed by atoms with Crippen molar-refractivity contribution in [1.82, 2.24) is 9.97 Å². The van der Waals surface area contributed by atoms with Crippen LogP contribution in [0.1, 0.15) is 12.1 Å². The van der Waals surface area contributed by atoms with Crippen LogP contribution in [0.3, 0.4) is 0 Å². The van der Waals surface area contributed by atoms with Crippen LogP contribution in [0.4, 0.5) is 19.1 Å². The van der Waals surface area contributed by atoms with Crippen molar-refractivity contribution in [3.05, 3.63) is 18.0 Å². The van der Waals surface area contributed by atoms with Crippen LogP contribution in [-0.2, 0) is 6.18 Å². The van der Waals surface area contributed by atoms with E-state index in [0.717, 1.165) is 12.3 Å². The zero-order valence-electron chi connectivity index (χ0n) is 10.7. The molecule has 0 aliphatic carbocycles. The summed E-state index contributed by atoms with van der Waals surface area (Å²) in [5.41, 5.74) is -0.966. The van der Waals surface area contributed by atoms with E-state index in [-0.39, 0.29) is 31.0 Å². The molecule has 1 aliphatic rings. The van der Waals surface area contributed by atoms with Crippen molar-refractivity contribution in [2.24, 2.45) is 11.8 Å². The van der Waals surface area contributed by atoms with Gasteiger partial charge in [-0.2, -0.15) is 13.2 Å². The summed E-state index contributed by atoms with van der Waals surface area (Å²) >= 11 is 0. The molecule has 0 radical (unpaired) electrons. The molecule has 2 rings (SSSR count). The molecular formula is C12H16F3N3O2. The van der Waals surface area contributed by atoms with Crippen LogP contribution >= 0.6 is 0 Å². The van der Waals surface area contributed by atoms with Gasteiger partial charge in [-0.3, -0.25) is 0 Å². The average Bonchev–Trinajstić information content (AvgIpc) is 2.89. The summed E-state index contributed by atoms with van der Waals surface area (Å²) in [6, 6.07) is 0.835. The van der Waals surface area contributed by atoms with E-state index in [4.69, 9.17) is 10.2 Å². The SMILES string of the molecule is OCC(CO)C1CCN(c2nccc(C(F)(F)F)n2)C1. The lowest BCUT2D eigenvalue weighted by atomic mass is 9.93. The normalized spacial score (nSPS) is 19.9. The number of aliphatic hydroxyl groups excluding tert-OH is 2. The number of aliphatic hydroxyl groups is 2. The Labute approximate surface area is 114 Å². The molecule has 2 N–H and O–H groups in total. The van der Waals surface area contributed by atoms with Crippen LogP contribution in [0, 0.1) is 11.8 Å². The second-order valence-electron chi connectivity index (χ2n) is 4.86. The average molecular weight is 291 g/mol. The molecule has 1 aromatic heterocycles. The molecule has 8 heteroatoms. The molecule has 112 valence electrons. The molecule has 0 amide bonds. The number of hydrogen-bond donors (Lipinski definition) is 2. The molecule has 20 heavy (non-hydrogen) atoms. The van der Waals surface area contributed by atoms with Crippen molar-refractivity contribution < 1.29 is 23.4 Å². The molecule has 5 nitrogen and oxygen atoms in total. The summed E-state index contributed by atoms with van der Waals surface area (Å²) in [6.45, 7) is 0.673. The zero-order valence-corrected chi connectivity index (χ0v) is 10.7. The minimum Gasteiger partial charge on any atom is -0.396 e. The molecule has 1 saturated heterocycles. The maximum atomic E-state index is 12.6. The van der Waals surface area contributed by atoms with Crippen molar-refractivity contribution in [2.45, 2.75) is 12.6 Å². The molecule has 1 aliphatic heterocycles. The maximum Gasteiger partial charge on any atom is 0.433 e. The third-order valence-corrected chi connectivity index (χ3v) is 3.58.